The summed E-state index contributed by atoms with van der Waals surface area (Å²) in [5.41, 5.74) is 1.14. The zero-order valence-electron chi connectivity index (χ0n) is 13.2. The van der Waals surface area contributed by atoms with Crippen molar-refractivity contribution in [1.82, 2.24) is 0 Å². The fraction of sp³-hybridized carbons (Fsp3) is 0.412. The Bertz CT molecular complexity index is 708. The molecule has 0 aliphatic rings. The van der Waals surface area contributed by atoms with Gasteiger partial charge in [0.25, 0.3) is 0 Å². The molecule has 0 spiro atoms. The van der Waals surface area contributed by atoms with Gasteiger partial charge in [-0.2, -0.15) is 0 Å². The van der Waals surface area contributed by atoms with Gasteiger partial charge in [0, 0.05) is 31.0 Å². The van der Waals surface area contributed by atoms with Crippen LogP contribution >= 0.6 is 12.2 Å². The van der Waals surface area contributed by atoms with E-state index in [1.165, 1.54) is 6.07 Å². The number of thiocarbonyl (C=S) groups is 1. The number of para-hydroxylation sites is 1. The summed E-state index contributed by atoms with van der Waals surface area (Å²) in [6, 6.07) is 9.08. The number of anilines is 1. The van der Waals surface area contributed by atoms with Crippen LogP contribution in [0.2, 0.25) is 0 Å². The molecule has 1 heterocycles. The van der Waals surface area contributed by atoms with Crippen LogP contribution in [0.25, 0.3) is 11.0 Å². The molecule has 0 N–H and O–H groups in total. The standard InChI is InChI=1S/C17H21NO3S/c1-12(2)17(22)20-10-6-9-18(3)14-11-16(19)21-15-8-5-4-7-13(14)15/h4-5,7-8,11-12H,6,9-10H2,1-3H3. The molecule has 2 rings (SSSR count). The van der Waals surface area contributed by atoms with Gasteiger partial charge in [-0.15, -0.1) is 0 Å². The molecule has 0 bridgehead atoms. The average molecular weight is 319 g/mol. The lowest BCUT2D eigenvalue weighted by atomic mass is 10.2. The molecule has 0 saturated carbocycles. The fourth-order valence-electron chi connectivity index (χ4n) is 2.17. The van der Waals surface area contributed by atoms with Crippen molar-refractivity contribution in [1.29, 1.82) is 0 Å². The minimum Gasteiger partial charge on any atom is -0.487 e. The molecule has 1 aromatic heterocycles. The van der Waals surface area contributed by atoms with Crippen molar-refractivity contribution in [2.45, 2.75) is 20.3 Å². The highest BCUT2D eigenvalue weighted by atomic mass is 32.1. The fourth-order valence-corrected chi connectivity index (χ4v) is 2.26. The number of nitrogens with zero attached hydrogens (tertiary/aromatic N) is 1. The maximum atomic E-state index is 11.7. The van der Waals surface area contributed by atoms with E-state index in [0.29, 0.717) is 17.2 Å². The van der Waals surface area contributed by atoms with Crippen LogP contribution in [0.4, 0.5) is 5.69 Å². The lowest BCUT2D eigenvalue weighted by Crippen LogP contribution is -2.22. The van der Waals surface area contributed by atoms with E-state index in [1.54, 1.807) is 6.07 Å². The van der Waals surface area contributed by atoms with Crippen molar-refractivity contribution in [2.24, 2.45) is 5.92 Å². The first-order valence-electron chi connectivity index (χ1n) is 7.39. The van der Waals surface area contributed by atoms with Crippen molar-refractivity contribution in [3.8, 4) is 0 Å². The molecule has 1 aromatic carbocycles. The first-order chi connectivity index (χ1) is 10.5. The van der Waals surface area contributed by atoms with Crippen LogP contribution in [-0.4, -0.2) is 25.2 Å². The predicted octanol–water partition coefficient (Wildman–Crippen LogP) is 3.62. The number of hydrogen-bond donors (Lipinski definition) is 0. The van der Waals surface area contributed by atoms with Crippen molar-refractivity contribution < 1.29 is 9.15 Å². The van der Waals surface area contributed by atoms with Crippen LogP contribution < -0.4 is 10.5 Å². The molecule has 0 atom stereocenters. The second-order valence-electron chi connectivity index (χ2n) is 5.54. The van der Waals surface area contributed by atoms with Gasteiger partial charge in [0.15, 0.2) is 5.05 Å². The van der Waals surface area contributed by atoms with Gasteiger partial charge >= 0.3 is 5.63 Å². The number of rotatable bonds is 6. The molecule has 5 heteroatoms. The number of fused-ring (bicyclic) bond motifs is 1. The summed E-state index contributed by atoms with van der Waals surface area (Å²) in [5.74, 6) is 0.260. The summed E-state index contributed by atoms with van der Waals surface area (Å²) in [6.45, 7) is 5.39. The minimum atomic E-state index is -0.335. The van der Waals surface area contributed by atoms with Gasteiger partial charge in [0.2, 0.25) is 0 Å². The molecule has 0 aliphatic carbocycles. The Balaban J connectivity index is 2.02. The highest BCUT2D eigenvalue weighted by Gasteiger charge is 2.09. The van der Waals surface area contributed by atoms with Crippen LogP contribution in [0, 0.1) is 5.92 Å². The summed E-state index contributed by atoms with van der Waals surface area (Å²) >= 11 is 5.14. The molecule has 22 heavy (non-hydrogen) atoms. The predicted molar refractivity (Wildman–Crippen MR) is 93.8 cm³/mol. The highest BCUT2D eigenvalue weighted by molar-refractivity contribution is 7.80. The van der Waals surface area contributed by atoms with Crippen molar-refractivity contribution in [3.63, 3.8) is 0 Å². The minimum absolute atomic E-state index is 0.260. The van der Waals surface area contributed by atoms with Gasteiger partial charge in [-0.05, 0) is 30.8 Å². The number of ether oxygens (including phenoxy) is 1. The smallest absolute Gasteiger partial charge is 0.338 e. The van der Waals surface area contributed by atoms with Gasteiger partial charge in [-0.3, -0.25) is 0 Å². The Labute approximate surface area is 135 Å². The third kappa shape index (κ3) is 4.07. The molecule has 0 amide bonds. The summed E-state index contributed by atoms with van der Waals surface area (Å²) in [6.07, 6.45) is 0.831. The molecular formula is C17H21NO3S. The Morgan fingerprint density at radius 2 is 2.09 bits per heavy atom. The van der Waals surface area contributed by atoms with E-state index in [-0.39, 0.29) is 11.5 Å². The van der Waals surface area contributed by atoms with Gasteiger partial charge in [0.1, 0.15) is 5.58 Å². The van der Waals surface area contributed by atoms with Gasteiger partial charge in [-0.1, -0.05) is 26.0 Å². The third-order valence-electron chi connectivity index (χ3n) is 3.39. The second-order valence-corrected chi connectivity index (χ2v) is 5.95. The van der Waals surface area contributed by atoms with E-state index in [1.807, 2.05) is 44.0 Å². The largest absolute Gasteiger partial charge is 0.487 e. The number of benzene rings is 1. The molecule has 118 valence electrons. The van der Waals surface area contributed by atoms with Gasteiger partial charge in [-0.25, -0.2) is 4.79 Å². The van der Waals surface area contributed by atoms with Gasteiger partial charge in [0.05, 0.1) is 12.3 Å². The van der Waals surface area contributed by atoms with Crippen molar-refractivity contribution >= 4 is 33.9 Å². The molecule has 0 radical (unpaired) electrons. The van der Waals surface area contributed by atoms with E-state index < -0.39 is 0 Å². The summed E-state index contributed by atoms with van der Waals surface area (Å²) < 4.78 is 10.7. The van der Waals surface area contributed by atoms with Crippen LogP contribution in [0.15, 0.2) is 39.5 Å². The molecule has 0 aliphatic heterocycles. The van der Waals surface area contributed by atoms with Crippen molar-refractivity contribution in [3.05, 3.63) is 40.8 Å². The molecule has 0 saturated heterocycles. The van der Waals surface area contributed by atoms with E-state index >= 15 is 0 Å². The Hall–Kier alpha value is -1.88. The third-order valence-corrected chi connectivity index (χ3v) is 3.98. The van der Waals surface area contributed by atoms with Crippen molar-refractivity contribution in [2.75, 3.05) is 25.1 Å². The summed E-state index contributed by atoms with van der Waals surface area (Å²) in [5, 5.41) is 1.58. The first-order valence-corrected chi connectivity index (χ1v) is 7.80. The number of hydrogen-bond acceptors (Lipinski definition) is 5. The molecule has 0 unspecified atom stereocenters. The van der Waals surface area contributed by atoms with E-state index in [9.17, 15) is 4.79 Å². The quantitative estimate of drug-likeness (QED) is 0.462. The Morgan fingerprint density at radius 1 is 1.36 bits per heavy atom. The van der Waals surface area contributed by atoms with E-state index in [0.717, 1.165) is 24.0 Å². The van der Waals surface area contributed by atoms with Crippen LogP contribution in [-0.2, 0) is 4.74 Å². The first kappa shape index (κ1) is 16.5. The van der Waals surface area contributed by atoms with Crippen LogP contribution in [0.5, 0.6) is 0 Å². The summed E-state index contributed by atoms with van der Waals surface area (Å²) in [4.78, 5) is 13.7. The van der Waals surface area contributed by atoms with Crippen LogP contribution in [0.3, 0.4) is 0 Å². The molecule has 0 fully saturated rings. The molecular weight excluding hydrogens is 298 g/mol. The molecule has 2 aromatic rings. The zero-order chi connectivity index (χ0) is 16.1. The zero-order valence-corrected chi connectivity index (χ0v) is 14.0. The average Bonchev–Trinajstić information content (AvgIpc) is 2.50. The Kier molecular flexibility index (Phi) is 5.55. The maximum Gasteiger partial charge on any atom is 0.338 e. The second kappa shape index (κ2) is 7.40. The maximum absolute atomic E-state index is 11.7. The van der Waals surface area contributed by atoms with E-state index in [2.05, 4.69) is 0 Å². The monoisotopic (exact) mass is 319 g/mol. The highest BCUT2D eigenvalue weighted by Crippen LogP contribution is 2.23. The topological polar surface area (TPSA) is 42.7 Å². The lowest BCUT2D eigenvalue weighted by Gasteiger charge is -2.20. The van der Waals surface area contributed by atoms with Gasteiger partial charge < -0.3 is 14.1 Å². The Morgan fingerprint density at radius 3 is 2.82 bits per heavy atom. The van der Waals surface area contributed by atoms with Crippen LogP contribution in [0.1, 0.15) is 20.3 Å². The normalized spacial score (nSPS) is 10.9. The lowest BCUT2D eigenvalue weighted by molar-refractivity contribution is 0.291. The summed E-state index contributed by atoms with van der Waals surface area (Å²) in [7, 11) is 1.96. The SMILES string of the molecule is CC(C)C(=S)OCCCN(C)c1cc(=O)oc2ccccc12. The van der Waals surface area contributed by atoms with E-state index in [4.69, 9.17) is 21.4 Å². The molecule has 4 nitrogen and oxygen atoms in total.